The number of carbonyl (C=O) groups is 1. The van der Waals surface area contributed by atoms with Gasteiger partial charge in [0.15, 0.2) is 0 Å². The fraction of sp³-hybridized carbons (Fsp3) is 0.441. The molecule has 2 N–H and O–H groups in total. The number of carboxylic acid groups (broad SMARTS) is 1. The Hall–Kier alpha value is -3.31. The monoisotopic (exact) mass is 526 g/mol. The Balaban J connectivity index is 1.35. The molecule has 2 aliphatic rings. The molecule has 3 aromatic rings. The lowest BCUT2D eigenvalue weighted by Crippen LogP contribution is -2.33. The van der Waals surface area contributed by atoms with Crippen molar-refractivity contribution < 1.29 is 15.0 Å². The average Bonchev–Trinajstić information content (AvgIpc) is 2.94. The van der Waals surface area contributed by atoms with Gasteiger partial charge in [-0.2, -0.15) is 0 Å². The minimum atomic E-state index is -0.726. The molecule has 0 unspecified atom stereocenters. The van der Waals surface area contributed by atoms with E-state index >= 15 is 0 Å². The summed E-state index contributed by atoms with van der Waals surface area (Å²) in [4.78, 5) is 15.9. The molecule has 0 amide bonds. The molecule has 3 aromatic carbocycles. The number of phenolic OH excluding ortho intramolecular Hbond substituents is 1. The van der Waals surface area contributed by atoms with Gasteiger partial charge in [-0.15, -0.1) is 0 Å². The molecule has 1 heterocycles. The number of hydrogen-bond donors (Lipinski definition) is 2. The molecular formula is C34H42N2O3. The highest BCUT2D eigenvalue weighted by molar-refractivity contribution is 5.69. The second kappa shape index (κ2) is 13.2. The fourth-order valence-corrected chi connectivity index (χ4v) is 6.63. The predicted octanol–water partition coefficient (Wildman–Crippen LogP) is 6.80. The molecular weight excluding hydrogens is 484 g/mol. The second-order valence-corrected chi connectivity index (χ2v) is 11.3. The molecule has 0 bridgehead atoms. The van der Waals surface area contributed by atoms with E-state index in [9.17, 15) is 15.0 Å². The number of anilines is 1. The number of carboxylic acids is 1. The van der Waals surface area contributed by atoms with Crippen LogP contribution < -0.4 is 4.90 Å². The van der Waals surface area contributed by atoms with Crippen molar-refractivity contribution in [3.63, 3.8) is 0 Å². The summed E-state index contributed by atoms with van der Waals surface area (Å²) in [5.74, 6) is 0.292. The van der Waals surface area contributed by atoms with Crippen molar-refractivity contribution >= 4 is 11.7 Å². The van der Waals surface area contributed by atoms with Crippen LogP contribution in [0.3, 0.4) is 0 Å². The number of hydrogen-bond acceptors (Lipinski definition) is 4. The Morgan fingerprint density at radius 1 is 0.769 bits per heavy atom. The molecule has 5 rings (SSSR count). The average molecular weight is 527 g/mol. The SMILES string of the molecule is O=C(O)CN1CCCCCCN(c2ccc([C@@H]3c4ccc(O)cc4CC[C@@H]3c3ccccc3)cc2)CCCC1. The highest BCUT2D eigenvalue weighted by Crippen LogP contribution is 2.47. The molecule has 5 nitrogen and oxygen atoms in total. The van der Waals surface area contributed by atoms with Gasteiger partial charge < -0.3 is 15.1 Å². The number of rotatable bonds is 5. The lowest BCUT2D eigenvalue weighted by atomic mass is 9.69. The minimum Gasteiger partial charge on any atom is -0.508 e. The van der Waals surface area contributed by atoms with Crippen molar-refractivity contribution in [3.05, 3.63) is 95.1 Å². The zero-order chi connectivity index (χ0) is 27.0. The van der Waals surface area contributed by atoms with Crippen LogP contribution >= 0.6 is 0 Å². The molecule has 1 aliphatic heterocycles. The van der Waals surface area contributed by atoms with E-state index in [0.717, 1.165) is 71.1 Å². The first-order valence-corrected chi connectivity index (χ1v) is 14.7. The first kappa shape index (κ1) is 27.3. The molecule has 206 valence electrons. The van der Waals surface area contributed by atoms with Crippen molar-refractivity contribution in [2.75, 3.05) is 37.6 Å². The van der Waals surface area contributed by atoms with Crippen molar-refractivity contribution in [2.24, 2.45) is 0 Å². The van der Waals surface area contributed by atoms with Crippen molar-refractivity contribution in [2.45, 2.75) is 63.2 Å². The lowest BCUT2D eigenvalue weighted by molar-refractivity contribution is -0.138. The number of aliphatic carboxylic acids is 1. The van der Waals surface area contributed by atoms with Gasteiger partial charge in [0.1, 0.15) is 5.75 Å². The van der Waals surface area contributed by atoms with E-state index in [1.807, 2.05) is 12.1 Å². The first-order chi connectivity index (χ1) is 19.1. The molecule has 0 spiro atoms. The summed E-state index contributed by atoms with van der Waals surface area (Å²) < 4.78 is 0. The van der Waals surface area contributed by atoms with Gasteiger partial charge in [0.05, 0.1) is 6.54 Å². The quantitative estimate of drug-likeness (QED) is 0.383. The van der Waals surface area contributed by atoms with Gasteiger partial charge in [-0.1, -0.05) is 61.4 Å². The number of nitrogens with zero attached hydrogens (tertiary/aromatic N) is 2. The van der Waals surface area contributed by atoms with Crippen LogP contribution in [0.4, 0.5) is 5.69 Å². The summed E-state index contributed by atoms with van der Waals surface area (Å²) in [6.45, 7) is 3.97. The summed E-state index contributed by atoms with van der Waals surface area (Å²) in [7, 11) is 0. The van der Waals surface area contributed by atoms with Gasteiger partial charge in [0, 0.05) is 24.7 Å². The second-order valence-electron chi connectivity index (χ2n) is 11.3. The molecule has 39 heavy (non-hydrogen) atoms. The Labute approximate surface area is 233 Å². The molecule has 2 atom stereocenters. The summed E-state index contributed by atoms with van der Waals surface area (Å²) in [6.07, 6.45) is 8.70. The smallest absolute Gasteiger partial charge is 0.317 e. The van der Waals surface area contributed by atoms with Crippen LogP contribution in [0.5, 0.6) is 5.75 Å². The fourth-order valence-electron chi connectivity index (χ4n) is 6.63. The van der Waals surface area contributed by atoms with Crippen LogP contribution in [0.2, 0.25) is 0 Å². The van der Waals surface area contributed by atoms with E-state index in [2.05, 4.69) is 70.5 Å². The van der Waals surface area contributed by atoms with Crippen LogP contribution in [-0.4, -0.2) is 53.8 Å². The number of phenols is 1. The van der Waals surface area contributed by atoms with Crippen LogP contribution in [-0.2, 0) is 11.2 Å². The highest BCUT2D eigenvalue weighted by atomic mass is 16.4. The van der Waals surface area contributed by atoms with E-state index in [1.54, 1.807) is 0 Å². The maximum atomic E-state index is 11.2. The summed E-state index contributed by atoms with van der Waals surface area (Å²) in [5.41, 5.74) is 6.58. The third kappa shape index (κ3) is 7.02. The normalized spacial score (nSPS) is 21.4. The van der Waals surface area contributed by atoms with Gasteiger partial charge in [-0.05, 0) is 104 Å². The lowest BCUT2D eigenvalue weighted by Gasteiger charge is -2.35. The largest absolute Gasteiger partial charge is 0.508 e. The van der Waals surface area contributed by atoms with E-state index in [-0.39, 0.29) is 12.5 Å². The van der Waals surface area contributed by atoms with Gasteiger partial charge in [-0.25, -0.2) is 0 Å². The number of aryl methyl sites for hydroxylation is 1. The van der Waals surface area contributed by atoms with Crippen LogP contribution in [0.1, 0.15) is 79.0 Å². The minimum absolute atomic E-state index is 0.152. The standard InChI is InChI=1S/C34H42N2O3/c37-30-17-19-32-28(24-30)14-18-31(26-10-4-3-5-11-26)34(32)27-12-15-29(16-13-27)36-22-7-2-1-6-20-35(25-33(38)39)21-8-9-23-36/h3-5,10-13,15-17,19,24,31,34,37H,1-2,6-9,14,18,20-23,25H2,(H,38,39)/t31-,34+/m1/s1. The van der Waals surface area contributed by atoms with E-state index in [0.29, 0.717) is 11.7 Å². The molecule has 0 aromatic heterocycles. The van der Waals surface area contributed by atoms with Gasteiger partial charge in [0.2, 0.25) is 0 Å². The number of benzene rings is 3. The van der Waals surface area contributed by atoms with E-state index in [1.165, 1.54) is 34.4 Å². The van der Waals surface area contributed by atoms with Crippen molar-refractivity contribution in [1.82, 2.24) is 4.90 Å². The van der Waals surface area contributed by atoms with Crippen molar-refractivity contribution in [3.8, 4) is 5.75 Å². The molecule has 1 aliphatic carbocycles. The van der Waals surface area contributed by atoms with Crippen molar-refractivity contribution in [1.29, 1.82) is 0 Å². The van der Waals surface area contributed by atoms with Crippen LogP contribution in [0.25, 0.3) is 0 Å². The van der Waals surface area contributed by atoms with Gasteiger partial charge in [0.25, 0.3) is 0 Å². The Morgan fingerprint density at radius 3 is 2.15 bits per heavy atom. The molecule has 5 heteroatoms. The molecule has 0 radical (unpaired) electrons. The molecule has 1 fully saturated rings. The summed E-state index contributed by atoms with van der Waals surface area (Å²) in [5, 5.41) is 19.4. The molecule has 1 saturated heterocycles. The maximum absolute atomic E-state index is 11.2. The third-order valence-electron chi connectivity index (χ3n) is 8.60. The zero-order valence-electron chi connectivity index (χ0n) is 23.0. The highest BCUT2D eigenvalue weighted by Gasteiger charge is 2.32. The van der Waals surface area contributed by atoms with Crippen LogP contribution in [0, 0.1) is 0 Å². The van der Waals surface area contributed by atoms with E-state index < -0.39 is 5.97 Å². The Morgan fingerprint density at radius 2 is 1.44 bits per heavy atom. The van der Waals surface area contributed by atoms with E-state index in [4.69, 9.17) is 0 Å². The zero-order valence-corrected chi connectivity index (χ0v) is 23.0. The summed E-state index contributed by atoms with van der Waals surface area (Å²) >= 11 is 0. The topological polar surface area (TPSA) is 64.0 Å². The van der Waals surface area contributed by atoms with Crippen LogP contribution in [0.15, 0.2) is 72.8 Å². The van der Waals surface area contributed by atoms with Gasteiger partial charge >= 0.3 is 5.97 Å². The third-order valence-corrected chi connectivity index (χ3v) is 8.60. The Kier molecular flexibility index (Phi) is 9.20. The molecule has 0 saturated carbocycles. The maximum Gasteiger partial charge on any atom is 0.317 e. The number of fused-ring (bicyclic) bond motifs is 1. The summed E-state index contributed by atoms with van der Waals surface area (Å²) in [6, 6.07) is 26.0. The Bertz CT molecular complexity index is 1210. The number of aromatic hydroxyl groups is 1. The predicted molar refractivity (Wildman–Crippen MR) is 158 cm³/mol. The first-order valence-electron chi connectivity index (χ1n) is 14.7. The van der Waals surface area contributed by atoms with Gasteiger partial charge in [-0.3, -0.25) is 9.69 Å².